The monoisotopic (exact) mass is 337 g/mol. The van der Waals surface area contributed by atoms with Crippen LogP contribution < -0.4 is 5.32 Å². The van der Waals surface area contributed by atoms with Crippen molar-refractivity contribution in [3.8, 4) is 11.6 Å². The number of hydrogen-bond donors (Lipinski definition) is 1. The molecule has 5 heteroatoms. The summed E-state index contributed by atoms with van der Waals surface area (Å²) in [6.45, 7) is 9.44. The summed E-state index contributed by atoms with van der Waals surface area (Å²) in [5, 5.41) is 3.32. The Bertz CT molecular complexity index is 587. The molecule has 0 radical (unpaired) electrons. The predicted molar refractivity (Wildman–Crippen MR) is 84.9 cm³/mol. The lowest BCUT2D eigenvalue weighted by atomic mass is 9.92. The van der Waals surface area contributed by atoms with Crippen LogP contribution >= 0.6 is 15.9 Å². The molecule has 0 saturated heterocycles. The Balaban J connectivity index is 2.45. The van der Waals surface area contributed by atoms with E-state index in [9.17, 15) is 0 Å². The maximum atomic E-state index is 5.56. The third-order valence-electron chi connectivity index (χ3n) is 2.84. The van der Waals surface area contributed by atoms with Crippen molar-refractivity contribution in [2.45, 2.75) is 39.5 Å². The minimum atomic E-state index is -0.0375. The lowest BCUT2D eigenvalue weighted by Crippen LogP contribution is -2.16. The van der Waals surface area contributed by atoms with E-state index >= 15 is 0 Å². The standard InChI is InChI=1S/C15H20BrN3O/c1-5-8-17-13-9-11(15(2,3)4)18-14(19-13)10-6-7-12(16)20-10/h6-7,9H,5,8H2,1-4H3,(H,17,18,19). The van der Waals surface area contributed by atoms with Crippen LogP contribution in [0.3, 0.4) is 0 Å². The van der Waals surface area contributed by atoms with Crippen molar-refractivity contribution in [1.29, 1.82) is 0 Å². The van der Waals surface area contributed by atoms with Crippen LogP contribution in [0.4, 0.5) is 5.82 Å². The molecule has 0 bridgehead atoms. The molecule has 2 heterocycles. The van der Waals surface area contributed by atoms with E-state index in [1.807, 2.05) is 18.2 Å². The molecule has 0 saturated carbocycles. The lowest BCUT2D eigenvalue weighted by Gasteiger charge is -2.19. The molecule has 2 aromatic rings. The second-order valence-electron chi connectivity index (χ2n) is 5.74. The molecule has 0 aliphatic rings. The SMILES string of the molecule is CCCNc1cc(C(C)(C)C)nc(-c2ccc(Br)o2)n1. The van der Waals surface area contributed by atoms with Gasteiger partial charge in [0.05, 0.1) is 5.69 Å². The molecule has 0 aliphatic heterocycles. The largest absolute Gasteiger partial charge is 0.446 e. The molecule has 0 unspecified atom stereocenters. The first-order valence-corrected chi connectivity index (χ1v) is 7.58. The van der Waals surface area contributed by atoms with Crippen LogP contribution in [0.2, 0.25) is 0 Å². The highest BCUT2D eigenvalue weighted by molar-refractivity contribution is 9.10. The molecular weight excluding hydrogens is 318 g/mol. The van der Waals surface area contributed by atoms with Crippen LogP contribution in [0.25, 0.3) is 11.6 Å². The first kappa shape index (κ1) is 15.0. The van der Waals surface area contributed by atoms with Gasteiger partial charge in [0, 0.05) is 18.0 Å². The Labute approximate surface area is 128 Å². The van der Waals surface area contributed by atoms with Gasteiger partial charge in [-0.25, -0.2) is 9.97 Å². The van der Waals surface area contributed by atoms with Crippen molar-refractivity contribution < 1.29 is 4.42 Å². The van der Waals surface area contributed by atoms with Gasteiger partial charge in [-0.05, 0) is 34.5 Å². The third-order valence-corrected chi connectivity index (χ3v) is 3.27. The fraction of sp³-hybridized carbons (Fsp3) is 0.467. The highest BCUT2D eigenvalue weighted by Crippen LogP contribution is 2.27. The Kier molecular flexibility index (Phi) is 4.48. The van der Waals surface area contributed by atoms with Crippen molar-refractivity contribution in [1.82, 2.24) is 9.97 Å². The molecule has 4 nitrogen and oxygen atoms in total. The number of halogens is 1. The molecule has 20 heavy (non-hydrogen) atoms. The highest BCUT2D eigenvalue weighted by atomic mass is 79.9. The molecule has 2 rings (SSSR count). The van der Waals surface area contributed by atoms with Gasteiger partial charge in [-0.2, -0.15) is 0 Å². The molecule has 1 N–H and O–H groups in total. The Hall–Kier alpha value is -1.36. The molecule has 0 atom stereocenters. The van der Waals surface area contributed by atoms with E-state index in [2.05, 4.69) is 58.9 Å². The summed E-state index contributed by atoms with van der Waals surface area (Å²) in [6, 6.07) is 5.73. The van der Waals surface area contributed by atoms with Gasteiger partial charge in [-0.15, -0.1) is 0 Å². The average Bonchev–Trinajstić information content (AvgIpc) is 2.82. The highest BCUT2D eigenvalue weighted by Gasteiger charge is 2.19. The van der Waals surface area contributed by atoms with E-state index in [0.717, 1.165) is 24.5 Å². The average molecular weight is 338 g/mol. The van der Waals surface area contributed by atoms with Crippen molar-refractivity contribution >= 4 is 21.7 Å². The number of furan rings is 1. The van der Waals surface area contributed by atoms with Crippen molar-refractivity contribution in [2.24, 2.45) is 0 Å². The van der Waals surface area contributed by atoms with Gasteiger partial charge >= 0.3 is 0 Å². The number of hydrogen-bond acceptors (Lipinski definition) is 4. The van der Waals surface area contributed by atoms with Crippen LogP contribution in [0.1, 0.15) is 39.8 Å². The second-order valence-corrected chi connectivity index (χ2v) is 6.52. The second kappa shape index (κ2) is 5.95. The van der Waals surface area contributed by atoms with E-state index in [4.69, 9.17) is 4.42 Å². The number of nitrogens with one attached hydrogen (secondary N) is 1. The van der Waals surface area contributed by atoms with Crippen LogP contribution in [0.15, 0.2) is 27.3 Å². The number of anilines is 1. The van der Waals surface area contributed by atoms with Crippen LogP contribution in [-0.4, -0.2) is 16.5 Å². The summed E-state index contributed by atoms with van der Waals surface area (Å²) in [5.41, 5.74) is 0.957. The van der Waals surface area contributed by atoms with E-state index in [1.165, 1.54) is 0 Å². The number of nitrogens with zero attached hydrogens (tertiary/aromatic N) is 2. The van der Waals surface area contributed by atoms with Gasteiger partial charge in [0.2, 0.25) is 0 Å². The van der Waals surface area contributed by atoms with Gasteiger partial charge in [0.25, 0.3) is 0 Å². The Morgan fingerprint density at radius 3 is 2.55 bits per heavy atom. The third kappa shape index (κ3) is 3.60. The first-order chi connectivity index (χ1) is 9.40. The zero-order chi connectivity index (χ0) is 14.8. The van der Waals surface area contributed by atoms with Gasteiger partial charge in [-0.3, -0.25) is 0 Å². The number of aromatic nitrogens is 2. The van der Waals surface area contributed by atoms with Crippen molar-refractivity contribution in [3.05, 3.63) is 28.6 Å². The minimum absolute atomic E-state index is 0.0375. The molecule has 0 aromatic carbocycles. The maximum absolute atomic E-state index is 5.56. The van der Waals surface area contributed by atoms with Crippen LogP contribution in [0.5, 0.6) is 0 Å². The molecule has 108 valence electrons. The number of rotatable bonds is 4. The van der Waals surface area contributed by atoms with E-state index in [0.29, 0.717) is 16.3 Å². The molecule has 0 spiro atoms. The smallest absolute Gasteiger partial charge is 0.197 e. The van der Waals surface area contributed by atoms with Crippen molar-refractivity contribution in [2.75, 3.05) is 11.9 Å². The maximum Gasteiger partial charge on any atom is 0.197 e. The molecular formula is C15H20BrN3O. The van der Waals surface area contributed by atoms with E-state index in [1.54, 1.807) is 0 Å². The molecule has 0 amide bonds. The van der Waals surface area contributed by atoms with Crippen LogP contribution in [-0.2, 0) is 5.41 Å². The molecule has 0 fully saturated rings. The minimum Gasteiger partial charge on any atom is -0.446 e. The summed E-state index contributed by atoms with van der Waals surface area (Å²) < 4.78 is 6.24. The topological polar surface area (TPSA) is 51.0 Å². The predicted octanol–water partition coefficient (Wildman–Crippen LogP) is 4.62. The zero-order valence-electron chi connectivity index (χ0n) is 12.3. The molecule has 0 aliphatic carbocycles. The summed E-state index contributed by atoms with van der Waals surface area (Å²) in [4.78, 5) is 9.16. The fourth-order valence-corrected chi connectivity index (χ4v) is 2.03. The van der Waals surface area contributed by atoms with Gasteiger partial charge in [0.1, 0.15) is 5.82 Å². The fourth-order valence-electron chi connectivity index (χ4n) is 1.72. The summed E-state index contributed by atoms with van der Waals surface area (Å²) in [6.07, 6.45) is 1.05. The Morgan fingerprint density at radius 1 is 1.25 bits per heavy atom. The lowest BCUT2D eigenvalue weighted by molar-refractivity contribution is 0.543. The van der Waals surface area contributed by atoms with Crippen molar-refractivity contribution in [3.63, 3.8) is 0 Å². The molecule has 2 aromatic heterocycles. The summed E-state index contributed by atoms with van der Waals surface area (Å²) in [7, 11) is 0. The van der Waals surface area contributed by atoms with E-state index in [-0.39, 0.29) is 5.41 Å². The first-order valence-electron chi connectivity index (χ1n) is 6.79. The summed E-state index contributed by atoms with van der Waals surface area (Å²) in [5.74, 6) is 2.12. The summed E-state index contributed by atoms with van der Waals surface area (Å²) >= 11 is 3.31. The van der Waals surface area contributed by atoms with Gasteiger partial charge < -0.3 is 9.73 Å². The quantitative estimate of drug-likeness (QED) is 0.884. The van der Waals surface area contributed by atoms with Gasteiger partial charge in [-0.1, -0.05) is 27.7 Å². The van der Waals surface area contributed by atoms with E-state index < -0.39 is 0 Å². The van der Waals surface area contributed by atoms with Gasteiger partial charge in [0.15, 0.2) is 16.3 Å². The van der Waals surface area contributed by atoms with Crippen LogP contribution in [0, 0.1) is 0 Å². The normalized spacial score (nSPS) is 11.7. The Morgan fingerprint density at radius 2 is 2.00 bits per heavy atom. The zero-order valence-corrected chi connectivity index (χ0v) is 13.9.